The maximum atomic E-state index is 14.5. The van der Waals surface area contributed by atoms with E-state index in [1.807, 2.05) is 24.3 Å². The van der Waals surface area contributed by atoms with E-state index in [4.69, 9.17) is 11.6 Å². The standard InChI is InChI=1S/C30H29ClF3N3O3/c31-23-11-7-19(8-12-23)18-36(16-15-21-4-1-3-20-5-2-6-25(20)21)28(38)26-17-35-37(27(26)30(32,33)34)24-13-9-22(10-14-24)29(39)40/h1-5,7-8,11-12,17,22,24H,6,9-10,13-16,18H2,(H,39,40). The van der Waals surface area contributed by atoms with Crippen molar-refractivity contribution in [2.24, 2.45) is 5.92 Å². The summed E-state index contributed by atoms with van der Waals surface area (Å²) in [5.74, 6) is -2.27. The minimum absolute atomic E-state index is 0.107. The van der Waals surface area contributed by atoms with Crippen molar-refractivity contribution in [1.82, 2.24) is 14.7 Å². The number of carbonyl (C=O) groups is 2. The van der Waals surface area contributed by atoms with Crippen molar-refractivity contribution >= 4 is 29.6 Å². The lowest BCUT2D eigenvalue weighted by Gasteiger charge is -2.28. The van der Waals surface area contributed by atoms with Crippen LogP contribution in [0.25, 0.3) is 6.08 Å². The second-order valence-electron chi connectivity index (χ2n) is 10.4. The van der Waals surface area contributed by atoms with Crippen LogP contribution in [-0.4, -0.2) is 38.2 Å². The quantitative estimate of drug-likeness (QED) is 0.322. The zero-order chi connectivity index (χ0) is 28.4. The van der Waals surface area contributed by atoms with Gasteiger partial charge < -0.3 is 10.0 Å². The molecule has 0 unspecified atom stereocenters. The van der Waals surface area contributed by atoms with Crippen LogP contribution in [0.3, 0.4) is 0 Å². The number of rotatable bonds is 8. The molecule has 0 spiro atoms. The summed E-state index contributed by atoms with van der Waals surface area (Å²) in [4.78, 5) is 26.6. The highest BCUT2D eigenvalue weighted by atomic mass is 35.5. The van der Waals surface area contributed by atoms with E-state index >= 15 is 0 Å². The Morgan fingerprint density at radius 3 is 2.48 bits per heavy atom. The normalized spacial score (nSPS) is 18.5. The summed E-state index contributed by atoms with van der Waals surface area (Å²) in [7, 11) is 0. The smallest absolute Gasteiger partial charge is 0.433 e. The van der Waals surface area contributed by atoms with Crippen molar-refractivity contribution in [2.75, 3.05) is 6.54 Å². The van der Waals surface area contributed by atoms with Crippen molar-refractivity contribution < 1.29 is 27.9 Å². The van der Waals surface area contributed by atoms with E-state index in [-0.39, 0.29) is 38.8 Å². The zero-order valence-electron chi connectivity index (χ0n) is 21.7. The average Bonchev–Trinajstić information content (AvgIpc) is 3.60. The van der Waals surface area contributed by atoms with Gasteiger partial charge in [-0.15, -0.1) is 0 Å². The Morgan fingerprint density at radius 2 is 1.80 bits per heavy atom. The van der Waals surface area contributed by atoms with Crippen molar-refractivity contribution in [3.05, 3.63) is 93.3 Å². The van der Waals surface area contributed by atoms with Gasteiger partial charge in [-0.1, -0.05) is 54.1 Å². The van der Waals surface area contributed by atoms with E-state index in [0.29, 0.717) is 11.4 Å². The van der Waals surface area contributed by atoms with Crippen LogP contribution >= 0.6 is 11.6 Å². The van der Waals surface area contributed by atoms with Crippen molar-refractivity contribution in [3.8, 4) is 0 Å². The summed E-state index contributed by atoms with van der Waals surface area (Å²) >= 11 is 6.02. The van der Waals surface area contributed by atoms with E-state index in [1.54, 1.807) is 24.3 Å². The third-order valence-corrected chi connectivity index (χ3v) is 8.09. The number of carboxylic acid groups (broad SMARTS) is 1. The van der Waals surface area contributed by atoms with Crippen LogP contribution in [0.5, 0.6) is 0 Å². The predicted molar refractivity (Wildman–Crippen MR) is 145 cm³/mol. The number of halogens is 4. The number of hydrogen-bond donors (Lipinski definition) is 1. The van der Waals surface area contributed by atoms with Gasteiger partial charge in [-0.25, -0.2) is 0 Å². The zero-order valence-corrected chi connectivity index (χ0v) is 22.5. The number of carboxylic acids is 1. The molecule has 40 heavy (non-hydrogen) atoms. The van der Waals surface area contributed by atoms with Gasteiger partial charge in [-0.3, -0.25) is 14.3 Å². The van der Waals surface area contributed by atoms with Crippen LogP contribution in [0.1, 0.15) is 70.0 Å². The fraction of sp³-hybridized carbons (Fsp3) is 0.367. The molecule has 5 rings (SSSR count). The molecule has 1 saturated carbocycles. The number of amides is 1. The molecule has 0 bridgehead atoms. The number of hydrogen-bond acceptors (Lipinski definition) is 3. The summed E-state index contributed by atoms with van der Waals surface area (Å²) < 4.78 is 44.2. The first-order valence-corrected chi connectivity index (χ1v) is 13.7. The Bertz CT molecular complexity index is 1420. The number of fused-ring (bicyclic) bond motifs is 1. The van der Waals surface area contributed by atoms with Gasteiger partial charge >= 0.3 is 12.1 Å². The summed E-state index contributed by atoms with van der Waals surface area (Å²) in [5.41, 5.74) is 2.50. The van der Waals surface area contributed by atoms with E-state index in [0.717, 1.165) is 34.0 Å². The Balaban J connectivity index is 1.44. The Kier molecular flexibility index (Phi) is 8.03. The fourth-order valence-corrected chi connectivity index (χ4v) is 5.86. The molecule has 1 N–H and O–H groups in total. The molecule has 0 radical (unpaired) electrons. The first kappa shape index (κ1) is 28.0. The topological polar surface area (TPSA) is 75.4 Å². The number of aromatic nitrogens is 2. The van der Waals surface area contributed by atoms with Gasteiger partial charge in [0.1, 0.15) is 0 Å². The van der Waals surface area contributed by atoms with Crippen molar-refractivity contribution in [2.45, 2.75) is 57.3 Å². The van der Waals surface area contributed by atoms with Gasteiger partial charge in [-0.05, 0) is 72.9 Å². The largest absolute Gasteiger partial charge is 0.481 e. The van der Waals surface area contributed by atoms with Crippen LogP contribution in [-0.2, 0) is 30.4 Å². The molecular weight excluding hydrogens is 543 g/mol. The second-order valence-corrected chi connectivity index (χ2v) is 10.8. The van der Waals surface area contributed by atoms with E-state index in [2.05, 4.69) is 11.2 Å². The number of benzene rings is 2. The van der Waals surface area contributed by atoms with Crippen LogP contribution < -0.4 is 0 Å². The van der Waals surface area contributed by atoms with Crippen LogP contribution in [0.2, 0.25) is 5.02 Å². The molecule has 0 aliphatic heterocycles. The number of aliphatic carboxylic acids is 1. The summed E-state index contributed by atoms with van der Waals surface area (Å²) in [5, 5.41) is 13.8. The van der Waals surface area contributed by atoms with E-state index in [9.17, 15) is 27.9 Å². The SMILES string of the molecule is O=C(O)C1CCC(n2ncc(C(=O)N(CCc3cccc4c3CC=C4)Cc3ccc(Cl)cc3)c2C(F)(F)F)CC1. The highest BCUT2D eigenvalue weighted by Crippen LogP contribution is 2.39. The number of alkyl halides is 3. The van der Waals surface area contributed by atoms with Gasteiger partial charge in [0.2, 0.25) is 0 Å². The van der Waals surface area contributed by atoms with Crippen LogP contribution in [0, 0.1) is 5.92 Å². The molecule has 1 aromatic heterocycles. The maximum absolute atomic E-state index is 14.5. The van der Waals surface area contributed by atoms with Crippen LogP contribution in [0.15, 0.2) is 54.7 Å². The molecule has 0 atom stereocenters. The molecule has 10 heteroatoms. The molecule has 3 aromatic rings. The molecule has 1 fully saturated rings. The highest BCUT2D eigenvalue weighted by Gasteiger charge is 2.43. The van der Waals surface area contributed by atoms with Gasteiger partial charge in [0, 0.05) is 18.1 Å². The Morgan fingerprint density at radius 1 is 1.07 bits per heavy atom. The van der Waals surface area contributed by atoms with Crippen molar-refractivity contribution in [3.63, 3.8) is 0 Å². The second kappa shape index (κ2) is 11.5. The molecule has 6 nitrogen and oxygen atoms in total. The molecule has 210 valence electrons. The molecule has 2 aliphatic carbocycles. The number of allylic oxidation sites excluding steroid dienone is 1. The van der Waals surface area contributed by atoms with Gasteiger partial charge in [0.15, 0.2) is 5.69 Å². The minimum atomic E-state index is -4.82. The highest BCUT2D eigenvalue weighted by molar-refractivity contribution is 6.30. The lowest BCUT2D eigenvalue weighted by molar-refractivity contribution is -0.147. The Labute approximate surface area is 235 Å². The number of nitrogens with zero attached hydrogens (tertiary/aromatic N) is 3. The monoisotopic (exact) mass is 571 g/mol. The summed E-state index contributed by atoms with van der Waals surface area (Å²) in [6.45, 7) is 0.319. The molecule has 0 saturated heterocycles. The van der Waals surface area contributed by atoms with Gasteiger partial charge in [-0.2, -0.15) is 18.3 Å². The lowest BCUT2D eigenvalue weighted by atomic mass is 9.86. The van der Waals surface area contributed by atoms with Crippen molar-refractivity contribution in [1.29, 1.82) is 0 Å². The van der Waals surface area contributed by atoms with Gasteiger partial charge in [0.05, 0.1) is 23.7 Å². The van der Waals surface area contributed by atoms with E-state index in [1.165, 1.54) is 10.5 Å². The Hall–Kier alpha value is -3.59. The summed E-state index contributed by atoms with van der Waals surface area (Å²) in [6, 6.07) is 12.2. The number of carbonyl (C=O) groups excluding carboxylic acids is 1. The van der Waals surface area contributed by atoms with Crippen LogP contribution in [0.4, 0.5) is 13.2 Å². The van der Waals surface area contributed by atoms with Gasteiger partial charge in [0.25, 0.3) is 5.91 Å². The fourth-order valence-electron chi connectivity index (χ4n) is 5.73. The maximum Gasteiger partial charge on any atom is 0.433 e. The molecular formula is C30H29ClF3N3O3. The first-order valence-electron chi connectivity index (χ1n) is 13.3. The molecule has 1 amide bonds. The lowest BCUT2D eigenvalue weighted by Crippen LogP contribution is -2.34. The summed E-state index contributed by atoms with van der Waals surface area (Å²) in [6.07, 6.45) is 2.59. The molecule has 2 aromatic carbocycles. The third kappa shape index (κ3) is 5.94. The molecule has 2 aliphatic rings. The average molecular weight is 572 g/mol. The first-order chi connectivity index (χ1) is 19.1. The minimum Gasteiger partial charge on any atom is -0.481 e. The molecule has 1 heterocycles. The third-order valence-electron chi connectivity index (χ3n) is 7.84. The predicted octanol–water partition coefficient (Wildman–Crippen LogP) is 6.83. The van der Waals surface area contributed by atoms with E-state index < -0.39 is 41.3 Å².